The first-order valence-corrected chi connectivity index (χ1v) is 7.58. The molecule has 0 aromatic carbocycles. The molecular weight excluding hydrogens is 286 g/mol. The van der Waals surface area contributed by atoms with E-state index in [1.807, 2.05) is 0 Å². The molecule has 3 nitrogen and oxygen atoms in total. The molecule has 1 aliphatic rings. The van der Waals surface area contributed by atoms with Crippen molar-refractivity contribution < 1.29 is 0 Å². The maximum atomic E-state index is 5.90. The van der Waals surface area contributed by atoms with Gasteiger partial charge in [0, 0.05) is 42.0 Å². The van der Waals surface area contributed by atoms with E-state index in [1.165, 1.54) is 11.3 Å². The number of halogens is 1. The molecule has 1 saturated heterocycles. The average Bonchev–Trinajstić information content (AvgIpc) is 3.00. The van der Waals surface area contributed by atoms with Crippen molar-refractivity contribution >= 4 is 35.1 Å². The van der Waals surface area contributed by atoms with Crippen LogP contribution in [-0.2, 0) is 6.54 Å². The predicted octanol–water partition coefficient (Wildman–Crippen LogP) is 2.83. The fraction of sp³-hybridized carbons (Fsp3) is 0.417. The van der Waals surface area contributed by atoms with Crippen LogP contribution in [0.2, 0.25) is 0 Å². The molecule has 3 heterocycles. The lowest BCUT2D eigenvalue weighted by Crippen LogP contribution is -2.26. The molecular formula is C12H16ClN3S2. The number of thiazole rings is 1. The van der Waals surface area contributed by atoms with Crippen LogP contribution in [0.15, 0.2) is 22.2 Å². The van der Waals surface area contributed by atoms with Crippen molar-refractivity contribution in [2.75, 3.05) is 13.1 Å². The third kappa shape index (κ3) is 3.10. The molecule has 6 heteroatoms. The Bertz CT molecular complexity index is 483. The van der Waals surface area contributed by atoms with Crippen LogP contribution in [0.5, 0.6) is 0 Å². The van der Waals surface area contributed by atoms with Gasteiger partial charge >= 0.3 is 0 Å². The summed E-state index contributed by atoms with van der Waals surface area (Å²) in [7, 11) is 0. The number of aromatic nitrogens is 1. The molecule has 0 unspecified atom stereocenters. The van der Waals surface area contributed by atoms with Gasteiger partial charge in [-0.3, -0.25) is 4.90 Å². The summed E-state index contributed by atoms with van der Waals surface area (Å²) in [6.45, 7) is 3.05. The molecule has 2 aromatic rings. The van der Waals surface area contributed by atoms with E-state index in [9.17, 15) is 0 Å². The topological polar surface area (TPSA) is 42.1 Å². The standard InChI is InChI=1S/C12H15N3S2.ClH/c13-10-1-3-15(5-10)6-11-8-17-12(14-11)9-2-4-16-7-9;/h2,4,7-8,10H,1,3,5-6,13H2;1H/t10-;/m1./s1. The maximum absolute atomic E-state index is 5.90. The molecule has 2 N–H and O–H groups in total. The number of hydrogen-bond acceptors (Lipinski definition) is 5. The van der Waals surface area contributed by atoms with E-state index in [-0.39, 0.29) is 12.4 Å². The molecule has 0 spiro atoms. The Kier molecular flexibility index (Phi) is 4.75. The fourth-order valence-corrected chi connectivity index (χ4v) is 3.66. The number of nitrogens with zero attached hydrogens (tertiary/aromatic N) is 2. The maximum Gasteiger partial charge on any atom is 0.124 e. The van der Waals surface area contributed by atoms with Gasteiger partial charge in [0.15, 0.2) is 0 Å². The van der Waals surface area contributed by atoms with E-state index in [0.29, 0.717) is 6.04 Å². The summed E-state index contributed by atoms with van der Waals surface area (Å²) in [6.07, 6.45) is 1.11. The molecule has 2 aromatic heterocycles. The van der Waals surface area contributed by atoms with Gasteiger partial charge in [-0.1, -0.05) is 0 Å². The Morgan fingerprint density at radius 1 is 1.44 bits per heavy atom. The lowest BCUT2D eigenvalue weighted by atomic mass is 10.3. The van der Waals surface area contributed by atoms with Crippen LogP contribution in [0, 0.1) is 0 Å². The average molecular weight is 302 g/mol. The summed E-state index contributed by atoms with van der Waals surface area (Å²) in [6, 6.07) is 2.48. The number of rotatable bonds is 3. The van der Waals surface area contributed by atoms with Crippen molar-refractivity contribution in [1.82, 2.24) is 9.88 Å². The van der Waals surface area contributed by atoms with Gasteiger partial charge < -0.3 is 5.73 Å². The van der Waals surface area contributed by atoms with Crippen molar-refractivity contribution in [3.63, 3.8) is 0 Å². The zero-order valence-corrected chi connectivity index (χ0v) is 12.4. The lowest BCUT2D eigenvalue weighted by molar-refractivity contribution is 0.323. The van der Waals surface area contributed by atoms with Crippen LogP contribution < -0.4 is 5.73 Å². The molecule has 1 aliphatic heterocycles. The van der Waals surface area contributed by atoms with Crippen molar-refractivity contribution in [2.24, 2.45) is 5.73 Å². The predicted molar refractivity (Wildman–Crippen MR) is 80.5 cm³/mol. The monoisotopic (exact) mass is 301 g/mol. The summed E-state index contributed by atoms with van der Waals surface area (Å²) in [5, 5.41) is 7.53. The van der Waals surface area contributed by atoms with Gasteiger partial charge in [0.1, 0.15) is 5.01 Å². The largest absolute Gasteiger partial charge is 0.326 e. The quantitative estimate of drug-likeness (QED) is 0.948. The number of hydrogen-bond donors (Lipinski definition) is 1. The van der Waals surface area contributed by atoms with Crippen molar-refractivity contribution in [1.29, 1.82) is 0 Å². The first kappa shape index (κ1) is 14.0. The highest BCUT2D eigenvalue weighted by Crippen LogP contribution is 2.26. The van der Waals surface area contributed by atoms with Gasteiger partial charge in [0.25, 0.3) is 0 Å². The summed E-state index contributed by atoms with van der Waals surface area (Å²) in [5.41, 5.74) is 8.31. The van der Waals surface area contributed by atoms with E-state index in [1.54, 1.807) is 22.7 Å². The summed E-state index contributed by atoms with van der Waals surface area (Å²) >= 11 is 3.45. The van der Waals surface area contributed by atoms with E-state index in [0.717, 1.165) is 31.1 Å². The number of likely N-dealkylation sites (tertiary alicyclic amines) is 1. The Labute approximate surface area is 121 Å². The van der Waals surface area contributed by atoms with E-state index < -0.39 is 0 Å². The Balaban J connectivity index is 0.00000120. The van der Waals surface area contributed by atoms with Gasteiger partial charge in [0.05, 0.1) is 5.69 Å². The highest BCUT2D eigenvalue weighted by molar-refractivity contribution is 7.14. The highest BCUT2D eigenvalue weighted by atomic mass is 35.5. The van der Waals surface area contributed by atoms with Gasteiger partial charge in [-0.05, 0) is 17.9 Å². The molecule has 0 amide bonds. The molecule has 0 bridgehead atoms. The van der Waals surface area contributed by atoms with Crippen LogP contribution in [0.4, 0.5) is 0 Å². The van der Waals surface area contributed by atoms with Gasteiger partial charge in [-0.15, -0.1) is 23.7 Å². The molecule has 1 fully saturated rings. The smallest absolute Gasteiger partial charge is 0.124 e. The molecule has 1 atom stereocenters. The lowest BCUT2D eigenvalue weighted by Gasteiger charge is -2.12. The van der Waals surface area contributed by atoms with E-state index >= 15 is 0 Å². The van der Waals surface area contributed by atoms with Crippen LogP contribution in [0.25, 0.3) is 10.6 Å². The van der Waals surface area contributed by atoms with Gasteiger partial charge in [-0.25, -0.2) is 4.98 Å². The normalized spacial score (nSPS) is 19.9. The van der Waals surface area contributed by atoms with Crippen molar-refractivity contribution in [3.8, 4) is 10.6 Å². The molecule has 98 valence electrons. The van der Waals surface area contributed by atoms with Gasteiger partial charge in [-0.2, -0.15) is 11.3 Å². The highest BCUT2D eigenvalue weighted by Gasteiger charge is 2.19. The molecule has 3 rings (SSSR count). The summed E-state index contributed by atoms with van der Waals surface area (Å²) in [4.78, 5) is 7.07. The minimum Gasteiger partial charge on any atom is -0.326 e. The van der Waals surface area contributed by atoms with Crippen molar-refractivity contribution in [2.45, 2.75) is 19.0 Å². The Morgan fingerprint density at radius 2 is 2.33 bits per heavy atom. The van der Waals surface area contributed by atoms with E-state index in [4.69, 9.17) is 5.73 Å². The third-order valence-corrected chi connectivity index (χ3v) is 4.64. The van der Waals surface area contributed by atoms with Gasteiger partial charge in [0.2, 0.25) is 0 Å². The van der Waals surface area contributed by atoms with E-state index in [2.05, 4.69) is 32.1 Å². The first-order valence-electron chi connectivity index (χ1n) is 5.76. The molecule has 0 saturated carbocycles. The zero-order valence-electron chi connectivity index (χ0n) is 9.91. The Morgan fingerprint density at radius 3 is 3.00 bits per heavy atom. The Hall–Kier alpha value is -0.460. The molecule has 0 radical (unpaired) electrons. The second-order valence-electron chi connectivity index (χ2n) is 4.44. The second-order valence-corrected chi connectivity index (χ2v) is 6.08. The molecule has 0 aliphatic carbocycles. The second kappa shape index (κ2) is 6.12. The number of thiophene rings is 1. The van der Waals surface area contributed by atoms with Crippen LogP contribution in [0.1, 0.15) is 12.1 Å². The summed E-state index contributed by atoms with van der Waals surface area (Å²) < 4.78 is 0. The van der Waals surface area contributed by atoms with Crippen LogP contribution in [-0.4, -0.2) is 29.0 Å². The third-order valence-electron chi connectivity index (χ3n) is 3.01. The van der Waals surface area contributed by atoms with Crippen LogP contribution >= 0.6 is 35.1 Å². The molecule has 18 heavy (non-hydrogen) atoms. The summed E-state index contributed by atoms with van der Waals surface area (Å²) in [5.74, 6) is 0. The number of nitrogens with two attached hydrogens (primary N) is 1. The minimum absolute atomic E-state index is 0. The minimum atomic E-state index is 0. The van der Waals surface area contributed by atoms with Crippen LogP contribution in [0.3, 0.4) is 0 Å². The van der Waals surface area contributed by atoms with Crippen molar-refractivity contribution in [3.05, 3.63) is 27.9 Å². The fourth-order valence-electron chi connectivity index (χ4n) is 2.13. The SMILES string of the molecule is Cl.N[C@@H]1CCN(Cc2csc(-c3ccsc3)n2)C1. The zero-order chi connectivity index (χ0) is 11.7. The first-order chi connectivity index (χ1) is 8.31.